The molecule has 0 aliphatic carbocycles. The molecule has 1 aliphatic rings. The molecule has 3 heteroatoms. The second-order valence-corrected chi connectivity index (χ2v) is 4.43. The van der Waals surface area contributed by atoms with Crippen molar-refractivity contribution in [2.75, 3.05) is 38.7 Å². The summed E-state index contributed by atoms with van der Waals surface area (Å²) in [4.78, 5) is 2.30. The summed E-state index contributed by atoms with van der Waals surface area (Å²) in [5.41, 5.74) is 1.26. The summed E-state index contributed by atoms with van der Waals surface area (Å²) < 4.78 is 5.15. The molecule has 0 spiro atoms. The van der Waals surface area contributed by atoms with E-state index in [2.05, 4.69) is 29.4 Å². The van der Waals surface area contributed by atoms with Crippen LogP contribution in [0.25, 0.3) is 0 Å². The van der Waals surface area contributed by atoms with Crippen molar-refractivity contribution in [2.45, 2.75) is 6.42 Å². The van der Waals surface area contributed by atoms with Gasteiger partial charge < -0.3 is 15.0 Å². The van der Waals surface area contributed by atoms with Crippen molar-refractivity contribution in [1.82, 2.24) is 5.32 Å². The standard InChI is InChI=1S/C13H20N2O/c1-15(8-7-11-9-14-10-11)12-3-5-13(16-2)6-4-12/h3-6,11,14H,7-10H2,1-2H3. The van der Waals surface area contributed by atoms with Crippen LogP contribution in [-0.2, 0) is 0 Å². The van der Waals surface area contributed by atoms with E-state index in [9.17, 15) is 0 Å². The Morgan fingerprint density at radius 1 is 1.31 bits per heavy atom. The molecule has 16 heavy (non-hydrogen) atoms. The van der Waals surface area contributed by atoms with Crippen LogP contribution in [0.15, 0.2) is 24.3 Å². The SMILES string of the molecule is COc1ccc(N(C)CCC2CNC2)cc1. The summed E-state index contributed by atoms with van der Waals surface area (Å²) >= 11 is 0. The first-order chi connectivity index (χ1) is 7.79. The Morgan fingerprint density at radius 2 is 2.00 bits per heavy atom. The molecule has 0 bridgehead atoms. The molecule has 0 atom stereocenters. The lowest BCUT2D eigenvalue weighted by atomic mass is 9.99. The zero-order chi connectivity index (χ0) is 11.4. The molecule has 1 aromatic carbocycles. The summed E-state index contributed by atoms with van der Waals surface area (Å²) in [6, 6.07) is 8.24. The number of rotatable bonds is 5. The van der Waals surface area contributed by atoms with E-state index in [1.807, 2.05) is 12.1 Å². The van der Waals surface area contributed by atoms with E-state index in [1.165, 1.54) is 25.2 Å². The van der Waals surface area contributed by atoms with Crippen molar-refractivity contribution in [2.24, 2.45) is 5.92 Å². The van der Waals surface area contributed by atoms with Gasteiger partial charge in [0.1, 0.15) is 5.75 Å². The number of nitrogens with one attached hydrogen (secondary N) is 1. The van der Waals surface area contributed by atoms with Gasteiger partial charge in [-0.25, -0.2) is 0 Å². The van der Waals surface area contributed by atoms with Gasteiger partial charge in [0, 0.05) is 19.3 Å². The van der Waals surface area contributed by atoms with Crippen molar-refractivity contribution in [1.29, 1.82) is 0 Å². The van der Waals surface area contributed by atoms with Gasteiger partial charge in [-0.2, -0.15) is 0 Å². The molecular weight excluding hydrogens is 200 g/mol. The number of hydrogen-bond acceptors (Lipinski definition) is 3. The van der Waals surface area contributed by atoms with Crippen molar-refractivity contribution in [3.05, 3.63) is 24.3 Å². The number of hydrogen-bond donors (Lipinski definition) is 1. The average Bonchev–Trinajstić information content (AvgIpc) is 2.27. The first-order valence-corrected chi connectivity index (χ1v) is 5.85. The van der Waals surface area contributed by atoms with Gasteiger partial charge >= 0.3 is 0 Å². The Labute approximate surface area is 97.4 Å². The van der Waals surface area contributed by atoms with Crippen LogP contribution >= 0.6 is 0 Å². The lowest BCUT2D eigenvalue weighted by Gasteiger charge is -2.29. The Hall–Kier alpha value is -1.22. The summed E-state index contributed by atoms with van der Waals surface area (Å²) in [6.07, 6.45) is 1.27. The molecule has 1 aliphatic heterocycles. The van der Waals surface area contributed by atoms with E-state index in [4.69, 9.17) is 4.74 Å². The maximum Gasteiger partial charge on any atom is 0.119 e. The van der Waals surface area contributed by atoms with Crippen LogP contribution in [-0.4, -0.2) is 33.8 Å². The smallest absolute Gasteiger partial charge is 0.119 e. The van der Waals surface area contributed by atoms with Crippen molar-refractivity contribution < 1.29 is 4.74 Å². The largest absolute Gasteiger partial charge is 0.497 e. The Balaban J connectivity index is 1.84. The molecule has 1 aromatic rings. The van der Waals surface area contributed by atoms with Crippen LogP contribution < -0.4 is 15.0 Å². The molecule has 1 heterocycles. The lowest BCUT2D eigenvalue weighted by molar-refractivity contribution is 0.330. The highest BCUT2D eigenvalue weighted by Crippen LogP contribution is 2.19. The van der Waals surface area contributed by atoms with Gasteiger partial charge in [0.25, 0.3) is 0 Å². The van der Waals surface area contributed by atoms with Crippen LogP contribution in [0.2, 0.25) is 0 Å². The molecule has 88 valence electrons. The molecule has 1 N–H and O–H groups in total. The normalized spacial score (nSPS) is 15.6. The minimum absolute atomic E-state index is 0.876. The van der Waals surface area contributed by atoms with E-state index >= 15 is 0 Å². The van der Waals surface area contributed by atoms with Crippen LogP contribution in [0.5, 0.6) is 5.75 Å². The van der Waals surface area contributed by atoms with Gasteiger partial charge in [0.2, 0.25) is 0 Å². The highest BCUT2D eigenvalue weighted by Gasteiger charge is 2.16. The third kappa shape index (κ3) is 2.67. The van der Waals surface area contributed by atoms with E-state index in [0.717, 1.165) is 18.2 Å². The molecule has 0 radical (unpaired) electrons. The Morgan fingerprint density at radius 3 is 2.50 bits per heavy atom. The predicted octanol–water partition coefficient (Wildman–Crippen LogP) is 1.74. The third-order valence-corrected chi connectivity index (χ3v) is 3.25. The highest BCUT2D eigenvalue weighted by molar-refractivity contribution is 5.48. The number of nitrogens with zero attached hydrogens (tertiary/aromatic N) is 1. The zero-order valence-corrected chi connectivity index (χ0v) is 10.1. The molecular formula is C13H20N2O. The van der Waals surface area contributed by atoms with Crippen molar-refractivity contribution in [3.63, 3.8) is 0 Å². The molecule has 0 amide bonds. The molecule has 0 unspecified atom stereocenters. The second-order valence-electron chi connectivity index (χ2n) is 4.43. The lowest BCUT2D eigenvalue weighted by Crippen LogP contribution is -2.43. The Kier molecular flexibility index (Phi) is 3.67. The first kappa shape index (κ1) is 11.3. The monoisotopic (exact) mass is 220 g/mol. The summed E-state index contributed by atoms with van der Waals surface area (Å²) in [5.74, 6) is 1.79. The Bertz CT molecular complexity index is 319. The second kappa shape index (κ2) is 5.21. The van der Waals surface area contributed by atoms with Gasteiger partial charge in [-0.3, -0.25) is 0 Å². The van der Waals surface area contributed by atoms with Gasteiger partial charge in [-0.1, -0.05) is 0 Å². The molecule has 3 nitrogen and oxygen atoms in total. The maximum absolute atomic E-state index is 5.15. The molecule has 2 rings (SSSR count). The number of ether oxygens (including phenoxy) is 1. The van der Waals surface area contributed by atoms with Gasteiger partial charge in [-0.05, 0) is 49.7 Å². The van der Waals surface area contributed by atoms with Crippen LogP contribution in [0.3, 0.4) is 0 Å². The van der Waals surface area contributed by atoms with Gasteiger partial charge in [0.15, 0.2) is 0 Å². The van der Waals surface area contributed by atoms with Crippen LogP contribution in [0.1, 0.15) is 6.42 Å². The third-order valence-electron chi connectivity index (χ3n) is 3.25. The van der Waals surface area contributed by atoms with E-state index in [0.29, 0.717) is 0 Å². The number of anilines is 1. The summed E-state index contributed by atoms with van der Waals surface area (Å²) in [5, 5.41) is 3.30. The van der Waals surface area contributed by atoms with Crippen molar-refractivity contribution >= 4 is 5.69 Å². The van der Waals surface area contributed by atoms with Crippen LogP contribution in [0, 0.1) is 5.92 Å². The highest BCUT2D eigenvalue weighted by atomic mass is 16.5. The maximum atomic E-state index is 5.15. The quantitative estimate of drug-likeness (QED) is 0.818. The van der Waals surface area contributed by atoms with E-state index < -0.39 is 0 Å². The summed E-state index contributed by atoms with van der Waals surface area (Å²) in [7, 11) is 3.84. The predicted molar refractivity (Wildman–Crippen MR) is 67.2 cm³/mol. The number of benzene rings is 1. The van der Waals surface area contributed by atoms with Crippen LogP contribution in [0.4, 0.5) is 5.69 Å². The van der Waals surface area contributed by atoms with Crippen molar-refractivity contribution in [3.8, 4) is 5.75 Å². The molecule has 0 saturated carbocycles. The fourth-order valence-electron chi connectivity index (χ4n) is 1.89. The molecule has 1 saturated heterocycles. The van der Waals surface area contributed by atoms with Gasteiger partial charge in [-0.15, -0.1) is 0 Å². The number of methoxy groups -OCH3 is 1. The molecule has 1 fully saturated rings. The fourth-order valence-corrected chi connectivity index (χ4v) is 1.89. The minimum Gasteiger partial charge on any atom is -0.497 e. The topological polar surface area (TPSA) is 24.5 Å². The first-order valence-electron chi connectivity index (χ1n) is 5.85. The average molecular weight is 220 g/mol. The molecule has 0 aromatic heterocycles. The minimum atomic E-state index is 0.876. The summed E-state index contributed by atoms with van der Waals surface area (Å²) in [6.45, 7) is 3.51. The fraction of sp³-hybridized carbons (Fsp3) is 0.538. The zero-order valence-electron chi connectivity index (χ0n) is 10.1. The van der Waals surface area contributed by atoms with Gasteiger partial charge in [0.05, 0.1) is 7.11 Å². The van der Waals surface area contributed by atoms with E-state index in [-0.39, 0.29) is 0 Å². The van der Waals surface area contributed by atoms with E-state index in [1.54, 1.807) is 7.11 Å².